The highest BCUT2D eigenvalue weighted by Crippen LogP contribution is 2.50. The topological polar surface area (TPSA) is 50.7 Å². The molecule has 2 N–H and O–H groups in total. The summed E-state index contributed by atoms with van der Waals surface area (Å²) in [7, 11) is 0. The van der Waals surface area contributed by atoms with E-state index in [1.165, 1.54) is 0 Å². The van der Waals surface area contributed by atoms with Crippen LogP contribution in [0.2, 0.25) is 0 Å². The van der Waals surface area contributed by atoms with Gasteiger partial charge in [0.2, 0.25) is 0 Å². The first-order valence-corrected chi connectivity index (χ1v) is 7.60. The summed E-state index contributed by atoms with van der Waals surface area (Å²) in [4.78, 5) is 0. The second kappa shape index (κ2) is 6.41. The van der Waals surface area contributed by atoms with E-state index in [2.05, 4.69) is 5.32 Å². The molecule has 4 nitrogen and oxygen atoms in total. The van der Waals surface area contributed by atoms with E-state index in [1.807, 2.05) is 0 Å². The number of anilines is 1. The van der Waals surface area contributed by atoms with Crippen LogP contribution in [0.1, 0.15) is 5.56 Å². The van der Waals surface area contributed by atoms with E-state index in [1.54, 1.807) is 24.3 Å². The van der Waals surface area contributed by atoms with E-state index in [9.17, 15) is 18.3 Å². The largest absolute Gasteiger partial charge is 0.449 e. The van der Waals surface area contributed by atoms with E-state index in [4.69, 9.17) is 21.1 Å². The maximum Gasteiger partial charge on any atom is 0.416 e. The molecule has 0 spiro atoms. The lowest BCUT2D eigenvalue weighted by molar-refractivity contribution is -0.137. The molecule has 0 radical (unpaired) electrons. The van der Waals surface area contributed by atoms with E-state index in [0.717, 1.165) is 12.1 Å². The van der Waals surface area contributed by atoms with Gasteiger partial charge < -0.3 is 19.9 Å². The van der Waals surface area contributed by atoms with Crippen LogP contribution in [0.15, 0.2) is 36.4 Å². The van der Waals surface area contributed by atoms with Crippen LogP contribution in [0, 0.1) is 0 Å². The molecule has 1 unspecified atom stereocenters. The molecular weight excluding hydrogens is 347 g/mol. The zero-order valence-corrected chi connectivity index (χ0v) is 13.0. The van der Waals surface area contributed by atoms with Crippen molar-refractivity contribution < 1.29 is 27.8 Å². The number of ether oxygens (including phenoxy) is 2. The van der Waals surface area contributed by atoms with Crippen molar-refractivity contribution in [3.05, 3.63) is 42.0 Å². The summed E-state index contributed by atoms with van der Waals surface area (Å²) in [5.74, 6) is 0.755. The van der Waals surface area contributed by atoms with Crippen LogP contribution in [0.25, 0.3) is 0 Å². The maximum absolute atomic E-state index is 13.1. The Bertz CT molecular complexity index is 752. The molecule has 128 valence electrons. The van der Waals surface area contributed by atoms with Gasteiger partial charge in [-0.25, -0.2) is 0 Å². The number of fused-ring (bicyclic) bond motifs is 2. The van der Waals surface area contributed by atoms with Gasteiger partial charge >= 0.3 is 6.18 Å². The molecule has 2 aromatic carbocycles. The Kier molecular flexibility index (Phi) is 4.47. The number of nitrogens with one attached hydrogen (secondary N) is 1. The first-order chi connectivity index (χ1) is 11.4. The molecule has 1 aliphatic heterocycles. The zero-order valence-electron chi connectivity index (χ0n) is 12.2. The molecule has 0 aromatic heterocycles. The fourth-order valence-corrected chi connectivity index (χ4v) is 2.32. The summed E-state index contributed by atoms with van der Waals surface area (Å²) in [6.45, 7) is -0.0255. The highest BCUT2D eigenvalue weighted by atomic mass is 35.5. The predicted octanol–water partition coefficient (Wildman–Crippen LogP) is 4.62. The average Bonchev–Trinajstić information content (AvgIpc) is 2.56. The van der Waals surface area contributed by atoms with Crippen LogP contribution < -0.4 is 14.8 Å². The van der Waals surface area contributed by atoms with Crippen LogP contribution in [0.4, 0.5) is 18.9 Å². The van der Waals surface area contributed by atoms with Crippen molar-refractivity contribution in [2.24, 2.45) is 0 Å². The molecule has 1 heterocycles. The summed E-state index contributed by atoms with van der Waals surface area (Å²) in [5, 5.41) is 12.2. The van der Waals surface area contributed by atoms with Gasteiger partial charge in [0.1, 0.15) is 0 Å². The Morgan fingerprint density at radius 1 is 1.08 bits per heavy atom. The fourth-order valence-electron chi connectivity index (χ4n) is 2.21. The number of aliphatic hydroxyl groups is 1. The van der Waals surface area contributed by atoms with Gasteiger partial charge in [0, 0.05) is 6.54 Å². The molecule has 0 bridgehead atoms. The lowest BCUT2D eigenvalue weighted by Crippen LogP contribution is -2.21. The van der Waals surface area contributed by atoms with Gasteiger partial charge in [-0.05, 0) is 24.3 Å². The first kappa shape index (κ1) is 16.7. The van der Waals surface area contributed by atoms with Gasteiger partial charge in [0.25, 0.3) is 0 Å². The quantitative estimate of drug-likeness (QED) is 0.668. The molecule has 24 heavy (non-hydrogen) atoms. The van der Waals surface area contributed by atoms with Crippen LogP contribution in [0.5, 0.6) is 23.0 Å². The number of hydrogen-bond acceptors (Lipinski definition) is 4. The monoisotopic (exact) mass is 359 g/mol. The lowest BCUT2D eigenvalue weighted by Gasteiger charge is -2.24. The molecule has 8 heteroatoms. The van der Waals surface area contributed by atoms with E-state index >= 15 is 0 Å². The SMILES string of the molecule is OC(CCl)CNc1cc(C(F)(F)F)cc2c1Oc1ccccc1O2. The molecule has 0 aliphatic carbocycles. The summed E-state index contributed by atoms with van der Waals surface area (Å²) in [6, 6.07) is 8.46. The molecule has 3 rings (SSSR count). The normalized spacial score (nSPS) is 14.0. The van der Waals surface area contributed by atoms with Crippen molar-refractivity contribution >= 4 is 17.3 Å². The van der Waals surface area contributed by atoms with E-state index in [0.29, 0.717) is 11.5 Å². The Hall–Kier alpha value is -2.12. The minimum Gasteiger partial charge on any atom is -0.449 e. The highest BCUT2D eigenvalue weighted by Gasteiger charge is 2.34. The van der Waals surface area contributed by atoms with Crippen molar-refractivity contribution in [1.29, 1.82) is 0 Å². The summed E-state index contributed by atoms with van der Waals surface area (Å²) in [6.07, 6.45) is -5.45. The number of alkyl halides is 4. The van der Waals surface area contributed by atoms with Gasteiger partial charge in [-0.2, -0.15) is 13.2 Å². The molecule has 0 saturated heterocycles. The smallest absolute Gasteiger partial charge is 0.416 e. The third-order valence-electron chi connectivity index (χ3n) is 3.37. The van der Waals surface area contributed by atoms with Gasteiger partial charge in [-0.3, -0.25) is 0 Å². The first-order valence-electron chi connectivity index (χ1n) is 7.06. The van der Waals surface area contributed by atoms with Gasteiger partial charge in [-0.15, -0.1) is 11.6 Å². The van der Waals surface area contributed by atoms with Gasteiger partial charge in [-0.1, -0.05) is 12.1 Å². The van der Waals surface area contributed by atoms with Crippen molar-refractivity contribution in [1.82, 2.24) is 0 Å². The predicted molar refractivity (Wildman–Crippen MR) is 83.3 cm³/mol. The average molecular weight is 360 g/mol. The molecule has 0 amide bonds. The number of para-hydroxylation sites is 2. The Morgan fingerprint density at radius 3 is 2.38 bits per heavy atom. The van der Waals surface area contributed by atoms with Crippen molar-refractivity contribution in [3.8, 4) is 23.0 Å². The number of aliphatic hydroxyl groups excluding tert-OH is 1. The summed E-state index contributed by atoms with van der Waals surface area (Å²) >= 11 is 5.51. The summed E-state index contributed by atoms with van der Waals surface area (Å²) in [5.41, 5.74) is -0.814. The lowest BCUT2D eigenvalue weighted by atomic mass is 10.1. The van der Waals surface area contributed by atoms with Crippen molar-refractivity contribution in [2.75, 3.05) is 17.7 Å². The third kappa shape index (κ3) is 3.37. The second-order valence-electron chi connectivity index (χ2n) is 5.19. The van der Waals surface area contributed by atoms with Crippen LogP contribution in [0.3, 0.4) is 0 Å². The fraction of sp³-hybridized carbons (Fsp3) is 0.250. The zero-order chi connectivity index (χ0) is 17.3. The van der Waals surface area contributed by atoms with Gasteiger partial charge in [0.05, 0.1) is 23.2 Å². The van der Waals surface area contributed by atoms with Gasteiger partial charge in [0.15, 0.2) is 23.0 Å². The van der Waals surface area contributed by atoms with Crippen LogP contribution in [-0.2, 0) is 6.18 Å². The Balaban J connectivity index is 2.01. The van der Waals surface area contributed by atoms with Crippen LogP contribution in [-0.4, -0.2) is 23.6 Å². The highest BCUT2D eigenvalue weighted by molar-refractivity contribution is 6.18. The Morgan fingerprint density at radius 2 is 1.75 bits per heavy atom. The molecule has 0 fully saturated rings. The number of benzene rings is 2. The maximum atomic E-state index is 13.1. The van der Waals surface area contributed by atoms with Crippen molar-refractivity contribution in [3.63, 3.8) is 0 Å². The molecule has 1 aliphatic rings. The van der Waals surface area contributed by atoms with Crippen LogP contribution >= 0.6 is 11.6 Å². The number of hydrogen-bond donors (Lipinski definition) is 2. The van der Waals surface area contributed by atoms with E-state index in [-0.39, 0.29) is 29.6 Å². The number of rotatable bonds is 4. The summed E-state index contributed by atoms with van der Waals surface area (Å²) < 4.78 is 50.5. The molecule has 0 saturated carbocycles. The molecular formula is C16H13ClF3NO3. The minimum atomic E-state index is -4.54. The standard InChI is InChI=1S/C16H13ClF3NO3/c17-7-10(22)8-21-11-5-9(16(18,19)20)6-14-15(11)24-13-4-2-1-3-12(13)23-14/h1-6,10,21-22H,7-8H2. The van der Waals surface area contributed by atoms with Crippen molar-refractivity contribution in [2.45, 2.75) is 12.3 Å². The third-order valence-corrected chi connectivity index (χ3v) is 3.73. The Labute approximate surface area is 140 Å². The molecule has 1 atom stereocenters. The second-order valence-corrected chi connectivity index (χ2v) is 5.50. The van der Waals surface area contributed by atoms with E-state index < -0.39 is 17.8 Å². The number of halogens is 4. The molecule has 2 aromatic rings. The minimum absolute atomic E-state index is 0.0255.